The molecule has 122 valence electrons. The summed E-state index contributed by atoms with van der Waals surface area (Å²) >= 11 is 6.20. The number of ether oxygens (including phenoxy) is 1. The first-order valence-electron chi connectivity index (χ1n) is 6.85. The molecule has 0 amide bonds. The van der Waals surface area contributed by atoms with Gasteiger partial charge in [0.1, 0.15) is 6.61 Å². The van der Waals surface area contributed by atoms with Gasteiger partial charge in [-0.2, -0.15) is 18.3 Å². The number of hydrogen-bond acceptors (Lipinski definition) is 3. The van der Waals surface area contributed by atoms with Crippen molar-refractivity contribution in [1.29, 1.82) is 0 Å². The van der Waals surface area contributed by atoms with Gasteiger partial charge in [0.25, 0.3) is 0 Å². The molecule has 8 heteroatoms. The van der Waals surface area contributed by atoms with Crippen LogP contribution in [0.25, 0.3) is 0 Å². The zero-order valence-electron chi connectivity index (χ0n) is 12.1. The van der Waals surface area contributed by atoms with Crippen LogP contribution >= 0.6 is 11.6 Å². The van der Waals surface area contributed by atoms with Gasteiger partial charge < -0.3 is 9.84 Å². The van der Waals surface area contributed by atoms with Crippen molar-refractivity contribution in [2.24, 2.45) is 0 Å². The predicted molar refractivity (Wildman–Crippen MR) is 73.5 cm³/mol. The molecule has 0 aromatic carbocycles. The van der Waals surface area contributed by atoms with Crippen molar-refractivity contribution in [3.8, 4) is 0 Å². The van der Waals surface area contributed by atoms with Gasteiger partial charge in [-0.25, -0.2) is 0 Å². The molecule has 0 saturated heterocycles. The van der Waals surface area contributed by atoms with Gasteiger partial charge in [-0.1, -0.05) is 18.5 Å². The van der Waals surface area contributed by atoms with Gasteiger partial charge in [0.05, 0.1) is 22.5 Å². The van der Waals surface area contributed by atoms with Gasteiger partial charge in [0, 0.05) is 19.6 Å². The van der Waals surface area contributed by atoms with E-state index in [0.29, 0.717) is 23.7 Å². The molecule has 1 aromatic heterocycles. The SMILES string of the molecule is CCc1nn(CC)c(CC(O)CCOCC(F)(F)F)c1Cl. The average Bonchev–Trinajstić information content (AvgIpc) is 2.70. The van der Waals surface area contributed by atoms with Gasteiger partial charge in [0.2, 0.25) is 0 Å². The summed E-state index contributed by atoms with van der Waals surface area (Å²) in [6.45, 7) is 3.00. The minimum atomic E-state index is -4.34. The van der Waals surface area contributed by atoms with Crippen LogP contribution in [0.2, 0.25) is 5.02 Å². The molecular weight excluding hydrogens is 309 g/mol. The first-order valence-corrected chi connectivity index (χ1v) is 7.22. The summed E-state index contributed by atoms with van der Waals surface area (Å²) in [4.78, 5) is 0. The monoisotopic (exact) mass is 328 g/mol. The summed E-state index contributed by atoms with van der Waals surface area (Å²) in [7, 11) is 0. The molecule has 1 atom stereocenters. The largest absolute Gasteiger partial charge is 0.411 e. The van der Waals surface area contributed by atoms with Gasteiger partial charge >= 0.3 is 6.18 Å². The number of nitrogens with zero attached hydrogens (tertiary/aromatic N) is 2. The Labute approximate surface area is 126 Å². The first-order chi connectivity index (χ1) is 9.78. The molecule has 1 rings (SSSR count). The van der Waals surface area contributed by atoms with Crippen molar-refractivity contribution in [3.63, 3.8) is 0 Å². The summed E-state index contributed by atoms with van der Waals surface area (Å²) in [5.41, 5.74) is 1.47. The van der Waals surface area contributed by atoms with E-state index in [1.54, 1.807) is 4.68 Å². The quantitative estimate of drug-likeness (QED) is 0.746. The lowest BCUT2D eigenvalue weighted by Gasteiger charge is -2.13. The third-order valence-electron chi connectivity index (χ3n) is 2.98. The molecule has 1 unspecified atom stereocenters. The minimum absolute atomic E-state index is 0.114. The molecule has 4 nitrogen and oxygen atoms in total. The van der Waals surface area contributed by atoms with E-state index in [1.807, 2.05) is 13.8 Å². The van der Waals surface area contributed by atoms with E-state index >= 15 is 0 Å². The molecule has 1 heterocycles. The molecule has 0 fully saturated rings. The Morgan fingerprint density at radius 3 is 2.57 bits per heavy atom. The molecule has 0 spiro atoms. The Morgan fingerprint density at radius 1 is 1.38 bits per heavy atom. The van der Waals surface area contributed by atoms with Crippen molar-refractivity contribution in [3.05, 3.63) is 16.4 Å². The lowest BCUT2D eigenvalue weighted by Crippen LogP contribution is -2.21. The van der Waals surface area contributed by atoms with E-state index in [1.165, 1.54) is 0 Å². The van der Waals surface area contributed by atoms with E-state index in [4.69, 9.17) is 11.6 Å². The fraction of sp³-hybridized carbons (Fsp3) is 0.769. The molecule has 1 N–H and O–H groups in total. The van der Waals surface area contributed by atoms with E-state index in [-0.39, 0.29) is 19.4 Å². The number of rotatable bonds is 8. The normalized spacial score (nSPS) is 13.7. The maximum Gasteiger partial charge on any atom is 0.411 e. The molecule has 0 radical (unpaired) electrons. The summed E-state index contributed by atoms with van der Waals surface area (Å²) in [6, 6.07) is 0. The summed E-state index contributed by atoms with van der Waals surface area (Å²) in [6.07, 6.45) is -4.12. The van der Waals surface area contributed by atoms with Gasteiger partial charge in [-0.15, -0.1) is 0 Å². The van der Waals surface area contributed by atoms with Crippen LogP contribution in [0.15, 0.2) is 0 Å². The number of aromatic nitrogens is 2. The summed E-state index contributed by atoms with van der Waals surface area (Å²) in [5, 5.41) is 14.7. The Kier molecular flexibility index (Phi) is 6.96. The second-order valence-electron chi connectivity index (χ2n) is 4.69. The Bertz CT molecular complexity index is 449. The number of hydrogen-bond donors (Lipinski definition) is 1. The Hall–Kier alpha value is -0.790. The molecule has 0 bridgehead atoms. The highest BCUT2D eigenvalue weighted by molar-refractivity contribution is 6.31. The molecule has 0 aliphatic rings. The average molecular weight is 329 g/mol. The lowest BCUT2D eigenvalue weighted by atomic mass is 10.1. The molecule has 0 aliphatic carbocycles. The van der Waals surface area contributed by atoms with Crippen molar-refractivity contribution in [1.82, 2.24) is 9.78 Å². The number of aryl methyl sites for hydroxylation is 2. The van der Waals surface area contributed by atoms with E-state index in [2.05, 4.69) is 9.84 Å². The molecule has 21 heavy (non-hydrogen) atoms. The van der Waals surface area contributed by atoms with Crippen LogP contribution in [0.3, 0.4) is 0 Å². The molecule has 1 aromatic rings. The minimum Gasteiger partial charge on any atom is -0.393 e. The number of halogens is 4. The zero-order valence-corrected chi connectivity index (χ0v) is 12.8. The van der Waals surface area contributed by atoms with Gasteiger partial charge in [-0.3, -0.25) is 4.68 Å². The van der Waals surface area contributed by atoms with Crippen LogP contribution in [0.4, 0.5) is 13.2 Å². The van der Waals surface area contributed by atoms with Gasteiger partial charge in [0.15, 0.2) is 0 Å². The van der Waals surface area contributed by atoms with Crippen LogP contribution in [0.1, 0.15) is 31.7 Å². The van der Waals surface area contributed by atoms with Crippen LogP contribution in [-0.2, 0) is 24.1 Å². The third kappa shape index (κ3) is 5.84. The van der Waals surface area contributed by atoms with Crippen LogP contribution in [-0.4, -0.2) is 40.4 Å². The van der Waals surface area contributed by atoms with Crippen molar-refractivity contribution < 1.29 is 23.0 Å². The van der Waals surface area contributed by atoms with Crippen molar-refractivity contribution in [2.75, 3.05) is 13.2 Å². The van der Waals surface area contributed by atoms with E-state index in [0.717, 1.165) is 5.69 Å². The standard InChI is InChI=1S/C13H20ClF3N2O2/c1-3-10-12(14)11(19(4-2)18-10)7-9(20)5-6-21-8-13(15,16)17/h9,20H,3-8H2,1-2H3. The van der Waals surface area contributed by atoms with Crippen LogP contribution < -0.4 is 0 Å². The molecular formula is C13H20ClF3N2O2. The maximum absolute atomic E-state index is 11.9. The summed E-state index contributed by atoms with van der Waals surface area (Å²) < 4.78 is 41.9. The number of alkyl halides is 3. The second kappa shape index (κ2) is 8.00. The molecule has 0 aliphatic heterocycles. The highest BCUT2D eigenvalue weighted by Gasteiger charge is 2.27. The summed E-state index contributed by atoms with van der Waals surface area (Å²) in [5.74, 6) is 0. The fourth-order valence-corrected chi connectivity index (χ4v) is 2.29. The maximum atomic E-state index is 11.9. The van der Waals surface area contributed by atoms with Crippen LogP contribution in [0, 0.1) is 0 Å². The topological polar surface area (TPSA) is 47.3 Å². The van der Waals surface area contributed by atoms with Crippen molar-refractivity contribution in [2.45, 2.75) is 51.9 Å². The first kappa shape index (κ1) is 18.3. The Balaban J connectivity index is 2.51. The second-order valence-corrected chi connectivity index (χ2v) is 5.07. The lowest BCUT2D eigenvalue weighted by molar-refractivity contribution is -0.175. The fourth-order valence-electron chi connectivity index (χ4n) is 1.94. The smallest absolute Gasteiger partial charge is 0.393 e. The number of aliphatic hydroxyl groups is 1. The third-order valence-corrected chi connectivity index (χ3v) is 3.42. The highest BCUT2D eigenvalue weighted by Crippen LogP contribution is 2.23. The number of aliphatic hydroxyl groups excluding tert-OH is 1. The van der Waals surface area contributed by atoms with E-state index < -0.39 is 18.9 Å². The van der Waals surface area contributed by atoms with Crippen molar-refractivity contribution >= 4 is 11.6 Å². The molecule has 0 saturated carbocycles. The Morgan fingerprint density at radius 2 is 2.05 bits per heavy atom. The van der Waals surface area contributed by atoms with Gasteiger partial charge in [-0.05, 0) is 19.8 Å². The zero-order chi connectivity index (χ0) is 16.0. The predicted octanol–water partition coefficient (Wildman–Crippen LogP) is 2.99. The van der Waals surface area contributed by atoms with E-state index in [9.17, 15) is 18.3 Å². The highest BCUT2D eigenvalue weighted by atomic mass is 35.5. The van der Waals surface area contributed by atoms with Crippen LogP contribution in [0.5, 0.6) is 0 Å².